The van der Waals surface area contributed by atoms with Gasteiger partial charge in [-0.15, -0.1) is 0 Å². The van der Waals surface area contributed by atoms with Crippen molar-refractivity contribution in [3.05, 3.63) is 42.0 Å². The number of carbonyl (C=O) groups is 1. The molecule has 0 aromatic heterocycles. The largest absolute Gasteiger partial charge is 0.494 e. The van der Waals surface area contributed by atoms with E-state index in [4.69, 9.17) is 4.74 Å². The summed E-state index contributed by atoms with van der Waals surface area (Å²) >= 11 is 0. The van der Waals surface area contributed by atoms with Gasteiger partial charge in [0, 0.05) is 39.1 Å². The molecule has 1 atom stereocenters. The van der Waals surface area contributed by atoms with Crippen LogP contribution in [0, 0.1) is 5.92 Å². The van der Waals surface area contributed by atoms with Gasteiger partial charge in [0.2, 0.25) is 5.91 Å². The first kappa shape index (κ1) is 17.0. The lowest BCUT2D eigenvalue weighted by Gasteiger charge is -2.35. The normalized spacial score (nSPS) is 21.2. The molecule has 24 heavy (non-hydrogen) atoms. The minimum absolute atomic E-state index is 0.326. The maximum absolute atomic E-state index is 12.4. The maximum atomic E-state index is 12.4. The Morgan fingerprint density at radius 3 is 2.54 bits per heavy atom. The van der Waals surface area contributed by atoms with E-state index in [1.54, 1.807) is 0 Å². The Balaban J connectivity index is 1.42. The first-order valence-electron chi connectivity index (χ1n) is 9.13. The van der Waals surface area contributed by atoms with Crippen LogP contribution in [0.15, 0.2) is 36.4 Å². The van der Waals surface area contributed by atoms with Crippen LogP contribution >= 0.6 is 0 Å². The van der Waals surface area contributed by atoms with Crippen molar-refractivity contribution in [2.24, 2.45) is 5.92 Å². The first-order valence-corrected chi connectivity index (χ1v) is 9.13. The molecule has 2 aliphatic rings. The number of piperazine rings is 1. The number of amides is 1. The molecule has 0 radical (unpaired) electrons. The van der Waals surface area contributed by atoms with Gasteiger partial charge in [-0.2, -0.15) is 0 Å². The molecule has 3 rings (SSSR count). The van der Waals surface area contributed by atoms with Crippen molar-refractivity contribution in [2.75, 3.05) is 32.8 Å². The smallest absolute Gasteiger partial charge is 0.223 e. The van der Waals surface area contributed by atoms with Gasteiger partial charge in [0.1, 0.15) is 5.75 Å². The number of hydrogen-bond donors (Lipinski definition) is 0. The monoisotopic (exact) mass is 328 g/mol. The summed E-state index contributed by atoms with van der Waals surface area (Å²) < 4.78 is 5.48. The summed E-state index contributed by atoms with van der Waals surface area (Å²) in [5.74, 6) is 1.73. The molecule has 1 aliphatic carbocycles. The molecule has 1 fully saturated rings. The fourth-order valence-electron chi connectivity index (χ4n) is 3.49. The van der Waals surface area contributed by atoms with Crippen LogP contribution in [-0.4, -0.2) is 48.5 Å². The zero-order valence-corrected chi connectivity index (χ0v) is 14.6. The summed E-state index contributed by atoms with van der Waals surface area (Å²) in [6.07, 6.45) is 7.37. The van der Waals surface area contributed by atoms with Gasteiger partial charge < -0.3 is 9.64 Å². The number of rotatable bonds is 6. The van der Waals surface area contributed by atoms with Crippen LogP contribution in [0.3, 0.4) is 0 Å². The minimum atomic E-state index is 0.326. The fraction of sp³-hybridized carbons (Fsp3) is 0.550. The van der Waals surface area contributed by atoms with Gasteiger partial charge in [0.15, 0.2) is 0 Å². The van der Waals surface area contributed by atoms with Gasteiger partial charge >= 0.3 is 0 Å². The third kappa shape index (κ3) is 4.60. The van der Waals surface area contributed by atoms with Crippen LogP contribution in [0.25, 0.3) is 0 Å². The predicted octanol–water partition coefficient (Wildman–Crippen LogP) is 3.09. The SMILES string of the molecule is CCOc1ccc(CN2CCN(C(=O)CC3C=CCC3)CC2)cc1. The number of ether oxygens (including phenoxy) is 1. The Morgan fingerprint density at radius 1 is 1.17 bits per heavy atom. The van der Waals surface area contributed by atoms with E-state index in [0.29, 0.717) is 24.9 Å². The summed E-state index contributed by atoms with van der Waals surface area (Å²) in [6.45, 7) is 7.26. The predicted molar refractivity (Wildman–Crippen MR) is 95.9 cm³/mol. The Bertz CT molecular complexity index is 560. The Labute approximate surface area is 145 Å². The average Bonchev–Trinajstić information content (AvgIpc) is 3.10. The number of nitrogens with zero attached hydrogens (tertiary/aromatic N) is 2. The lowest BCUT2D eigenvalue weighted by atomic mass is 10.0. The van der Waals surface area contributed by atoms with Gasteiger partial charge in [0.25, 0.3) is 0 Å². The van der Waals surface area contributed by atoms with Crippen LogP contribution < -0.4 is 4.74 Å². The third-order valence-corrected chi connectivity index (χ3v) is 4.91. The van der Waals surface area contributed by atoms with E-state index in [9.17, 15) is 4.79 Å². The highest BCUT2D eigenvalue weighted by Gasteiger charge is 2.23. The quantitative estimate of drug-likeness (QED) is 0.752. The number of hydrogen-bond acceptors (Lipinski definition) is 3. The average molecular weight is 328 g/mol. The molecule has 1 unspecified atom stereocenters. The zero-order valence-electron chi connectivity index (χ0n) is 14.6. The van der Waals surface area contributed by atoms with E-state index in [0.717, 1.165) is 51.3 Å². The Morgan fingerprint density at radius 2 is 1.92 bits per heavy atom. The topological polar surface area (TPSA) is 32.8 Å². The summed E-state index contributed by atoms with van der Waals surface area (Å²) in [6, 6.07) is 8.34. The van der Waals surface area contributed by atoms with Crippen LogP contribution in [0.4, 0.5) is 0 Å². The molecule has 0 spiro atoms. The fourth-order valence-corrected chi connectivity index (χ4v) is 3.49. The summed E-state index contributed by atoms with van der Waals surface area (Å²) in [4.78, 5) is 16.8. The second-order valence-electron chi connectivity index (χ2n) is 6.70. The van der Waals surface area contributed by atoms with E-state index < -0.39 is 0 Å². The molecule has 4 heteroatoms. The number of benzene rings is 1. The summed E-state index contributed by atoms with van der Waals surface area (Å²) in [5, 5.41) is 0. The van der Waals surface area contributed by atoms with Crippen molar-refractivity contribution in [2.45, 2.75) is 32.7 Å². The molecule has 1 aliphatic heterocycles. The van der Waals surface area contributed by atoms with Crippen molar-refractivity contribution in [1.29, 1.82) is 0 Å². The molecule has 1 heterocycles. The van der Waals surface area contributed by atoms with Crippen LogP contribution in [0.5, 0.6) is 5.75 Å². The highest BCUT2D eigenvalue weighted by molar-refractivity contribution is 5.76. The molecule has 0 saturated carbocycles. The van der Waals surface area contributed by atoms with Gasteiger partial charge in [-0.25, -0.2) is 0 Å². The van der Waals surface area contributed by atoms with E-state index >= 15 is 0 Å². The second kappa shape index (κ2) is 8.34. The van der Waals surface area contributed by atoms with E-state index in [1.165, 1.54) is 5.56 Å². The Kier molecular flexibility index (Phi) is 5.91. The van der Waals surface area contributed by atoms with Crippen molar-refractivity contribution < 1.29 is 9.53 Å². The number of allylic oxidation sites excluding steroid dienone is 2. The summed E-state index contributed by atoms with van der Waals surface area (Å²) in [7, 11) is 0. The van der Waals surface area contributed by atoms with Gasteiger partial charge in [-0.3, -0.25) is 9.69 Å². The Hall–Kier alpha value is -1.81. The third-order valence-electron chi connectivity index (χ3n) is 4.91. The van der Waals surface area contributed by atoms with Gasteiger partial charge in [-0.05, 0) is 43.4 Å². The summed E-state index contributed by atoms with van der Waals surface area (Å²) in [5.41, 5.74) is 1.30. The van der Waals surface area contributed by atoms with Crippen molar-refractivity contribution in [1.82, 2.24) is 9.80 Å². The standard InChI is InChI=1S/C20H28N2O2/c1-2-24-19-9-7-18(8-10-19)16-21-11-13-22(14-12-21)20(23)15-17-5-3-4-6-17/h3,5,7-10,17H,2,4,6,11-16H2,1H3. The minimum Gasteiger partial charge on any atom is -0.494 e. The molecule has 1 saturated heterocycles. The van der Waals surface area contributed by atoms with E-state index in [2.05, 4.69) is 29.2 Å². The molecule has 130 valence electrons. The van der Waals surface area contributed by atoms with Crippen molar-refractivity contribution in [3.8, 4) is 5.75 Å². The van der Waals surface area contributed by atoms with E-state index in [1.807, 2.05) is 24.0 Å². The number of carbonyl (C=O) groups excluding carboxylic acids is 1. The highest BCUT2D eigenvalue weighted by Crippen LogP contribution is 2.22. The molecule has 4 nitrogen and oxygen atoms in total. The van der Waals surface area contributed by atoms with Crippen LogP contribution in [0.1, 0.15) is 31.7 Å². The van der Waals surface area contributed by atoms with E-state index in [-0.39, 0.29) is 0 Å². The van der Waals surface area contributed by atoms with Crippen molar-refractivity contribution >= 4 is 5.91 Å². The first-order chi connectivity index (χ1) is 11.7. The molecule has 1 aromatic carbocycles. The molecule has 0 N–H and O–H groups in total. The molecule has 0 bridgehead atoms. The lowest BCUT2D eigenvalue weighted by Crippen LogP contribution is -2.48. The highest BCUT2D eigenvalue weighted by atomic mass is 16.5. The molecule has 1 amide bonds. The van der Waals surface area contributed by atoms with Crippen LogP contribution in [-0.2, 0) is 11.3 Å². The van der Waals surface area contributed by atoms with Crippen molar-refractivity contribution in [3.63, 3.8) is 0 Å². The maximum Gasteiger partial charge on any atom is 0.223 e. The molecule has 1 aromatic rings. The molecular weight excluding hydrogens is 300 g/mol. The molecular formula is C20H28N2O2. The lowest BCUT2D eigenvalue weighted by molar-refractivity contribution is -0.133. The van der Waals surface area contributed by atoms with Gasteiger partial charge in [0.05, 0.1) is 6.61 Å². The van der Waals surface area contributed by atoms with Gasteiger partial charge in [-0.1, -0.05) is 24.3 Å². The van der Waals surface area contributed by atoms with Crippen LogP contribution in [0.2, 0.25) is 0 Å². The zero-order chi connectivity index (χ0) is 16.8. The second-order valence-corrected chi connectivity index (χ2v) is 6.70.